The second-order valence-electron chi connectivity index (χ2n) is 6.31. The second kappa shape index (κ2) is 4.01. The summed E-state index contributed by atoms with van der Waals surface area (Å²) in [6.45, 7) is 12.8. The summed E-state index contributed by atoms with van der Waals surface area (Å²) in [6.07, 6.45) is 6.74. The maximum atomic E-state index is 11.5. The van der Waals surface area contributed by atoms with Crippen LogP contribution in [0.3, 0.4) is 0 Å². The fraction of sp³-hybridized carbons (Fsp3) is 0.667. The summed E-state index contributed by atoms with van der Waals surface area (Å²) in [6, 6.07) is 0. The van der Waals surface area contributed by atoms with Gasteiger partial charge in [0.2, 0.25) is 0 Å². The van der Waals surface area contributed by atoms with Crippen LogP contribution in [0.4, 0.5) is 0 Å². The minimum atomic E-state index is -0.472. The van der Waals surface area contributed by atoms with Crippen molar-refractivity contribution < 1.29 is 4.79 Å². The van der Waals surface area contributed by atoms with Crippen molar-refractivity contribution in [1.82, 2.24) is 4.90 Å². The minimum Gasteiger partial charge on any atom is -0.374 e. The van der Waals surface area contributed by atoms with Crippen molar-refractivity contribution in [2.75, 3.05) is 13.1 Å². The first-order valence-electron chi connectivity index (χ1n) is 6.52. The van der Waals surface area contributed by atoms with Gasteiger partial charge in [0.1, 0.15) is 6.29 Å². The molecule has 1 aliphatic heterocycles. The van der Waals surface area contributed by atoms with Crippen LogP contribution < -0.4 is 0 Å². The predicted octanol–water partition coefficient (Wildman–Crippen LogP) is 3.16. The normalized spacial score (nSPS) is 32.5. The fourth-order valence-corrected chi connectivity index (χ4v) is 3.01. The summed E-state index contributed by atoms with van der Waals surface area (Å²) >= 11 is 0. The maximum Gasteiger partial charge on any atom is 0.135 e. The first-order valence-corrected chi connectivity index (χ1v) is 6.52. The van der Waals surface area contributed by atoms with Crippen LogP contribution in [0.25, 0.3) is 0 Å². The van der Waals surface area contributed by atoms with Gasteiger partial charge in [-0.1, -0.05) is 32.1 Å². The van der Waals surface area contributed by atoms with E-state index in [0.717, 1.165) is 31.4 Å². The molecule has 0 radical (unpaired) electrons. The van der Waals surface area contributed by atoms with E-state index in [1.54, 1.807) is 0 Å². The molecule has 1 aliphatic carbocycles. The van der Waals surface area contributed by atoms with Gasteiger partial charge in [-0.3, -0.25) is 0 Å². The minimum absolute atomic E-state index is 0.123. The van der Waals surface area contributed by atoms with Crippen LogP contribution in [0.5, 0.6) is 0 Å². The van der Waals surface area contributed by atoms with E-state index >= 15 is 0 Å². The van der Waals surface area contributed by atoms with E-state index in [1.807, 2.05) is 6.92 Å². The Morgan fingerprint density at radius 3 is 2.41 bits per heavy atom. The molecule has 2 heteroatoms. The maximum absolute atomic E-state index is 11.5. The summed E-state index contributed by atoms with van der Waals surface area (Å²) in [5.41, 5.74) is 1.89. The average molecular weight is 233 g/mol. The molecule has 1 saturated heterocycles. The van der Waals surface area contributed by atoms with E-state index in [9.17, 15) is 4.79 Å². The molecule has 2 nitrogen and oxygen atoms in total. The molecule has 0 aromatic carbocycles. The van der Waals surface area contributed by atoms with E-state index in [4.69, 9.17) is 0 Å². The largest absolute Gasteiger partial charge is 0.374 e. The molecule has 0 spiro atoms. The smallest absolute Gasteiger partial charge is 0.135 e. The second-order valence-corrected chi connectivity index (χ2v) is 6.31. The molecule has 0 aromatic heterocycles. The molecule has 1 unspecified atom stereocenters. The van der Waals surface area contributed by atoms with E-state index in [2.05, 4.69) is 31.4 Å². The van der Waals surface area contributed by atoms with Gasteiger partial charge in [-0.05, 0) is 31.6 Å². The Kier molecular flexibility index (Phi) is 2.92. The van der Waals surface area contributed by atoms with Gasteiger partial charge >= 0.3 is 0 Å². The molecular formula is C15H23NO. The van der Waals surface area contributed by atoms with Crippen LogP contribution >= 0.6 is 0 Å². The molecule has 2 rings (SSSR count). The van der Waals surface area contributed by atoms with Gasteiger partial charge < -0.3 is 9.69 Å². The third-order valence-electron chi connectivity index (χ3n) is 4.15. The third kappa shape index (κ3) is 2.05. The Labute approximate surface area is 104 Å². The molecule has 0 amide bonds. The standard InChI is InChI=1S/C15H23NO/c1-12-9-14(2,3)10-13(15(12,4)11-17)16-7-5-6-8-16/h10-11H,1,5-9H2,2-4H3. The van der Waals surface area contributed by atoms with Gasteiger partial charge in [0.25, 0.3) is 0 Å². The topological polar surface area (TPSA) is 20.3 Å². The molecule has 1 atom stereocenters. The highest BCUT2D eigenvalue weighted by Gasteiger charge is 2.42. The summed E-state index contributed by atoms with van der Waals surface area (Å²) in [4.78, 5) is 13.9. The van der Waals surface area contributed by atoms with Gasteiger partial charge in [0.15, 0.2) is 0 Å². The number of hydrogen-bond acceptors (Lipinski definition) is 2. The average Bonchev–Trinajstić information content (AvgIpc) is 2.76. The van der Waals surface area contributed by atoms with Crippen molar-refractivity contribution in [3.63, 3.8) is 0 Å². The summed E-state index contributed by atoms with van der Waals surface area (Å²) in [5.74, 6) is 0. The highest BCUT2D eigenvalue weighted by Crippen LogP contribution is 2.47. The molecule has 0 N–H and O–H groups in total. The lowest BCUT2D eigenvalue weighted by atomic mass is 9.67. The SMILES string of the molecule is C=C1CC(C)(C)C=C(N2CCCC2)C1(C)C=O. The van der Waals surface area contributed by atoms with Crippen LogP contribution in [0.15, 0.2) is 23.9 Å². The van der Waals surface area contributed by atoms with Crippen molar-refractivity contribution in [1.29, 1.82) is 0 Å². The number of carbonyl (C=O) groups excluding carboxylic acids is 1. The van der Waals surface area contributed by atoms with E-state index in [1.165, 1.54) is 18.5 Å². The lowest BCUT2D eigenvalue weighted by molar-refractivity contribution is -0.113. The first-order chi connectivity index (χ1) is 7.89. The van der Waals surface area contributed by atoms with Crippen molar-refractivity contribution in [2.24, 2.45) is 10.8 Å². The number of carbonyl (C=O) groups is 1. The zero-order valence-corrected chi connectivity index (χ0v) is 11.3. The monoisotopic (exact) mass is 233 g/mol. The summed E-state index contributed by atoms with van der Waals surface area (Å²) in [7, 11) is 0. The highest BCUT2D eigenvalue weighted by atomic mass is 16.1. The number of hydrogen-bond donors (Lipinski definition) is 0. The highest BCUT2D eigenvalue weighted by molar-refractivity contribution is 5.71. The van der Waals surface area contributed by atoms with Crippen LogP contribution in [0, 0.1) is 10.8 Å². The van der Waals surface area contributed by atoms with Gasteiger partial charge in [0.05, 0.1) is 5.41 Å². The molecule has 1 fully saturated rings. The van der Waals surface area contributed by atoms with E-state index in [-0.39, 0.29) is 5.41 Å². The number of likely N-dealkylation sites (tertiary alicyclic amines) is 1. The van der Waals surface area contributed by atoms with Crippen LogP contribution in [0.1, 0.15) is 40.0 Å². The number of aldehydes is 1. The zero-order chi connectivity index (χ0) is 12.7. The van der Waals surface area contributed by atoms with Crippen LogP contribution in [-0.2, 0) is 4.79 Å². The Balaban J connectivity index is 2.44. The Morgan fingerprint density at radius 2 is 1.88 bits per heavy atom. The zero-order valence-electron chi connectivity index (χ0n) is 11.3. The summed E-state index contributed by atoms with van der Waals surface area (Å²) in [5, 5.41) is 0. The van der Waals surface area contributed by atoms with Crippen LogP contribution in [-0.4, -0.2) is 24.3 Å². The lowest BCUT2D eigenvalue weighted by Crippen LogP contribution is -2.39. The molecule has 17 heavy (non-hydrogen) atoms. The molecule has 94 valence electrons. The number of nitrogens with zero attached hydrogens (tertiary/aromatic N) is 1. The predicted molar refractivity (Wildman–Crippen MR) is 70.6 cm³/mol. The van der Waals surface area contributed by atoms with E-state index in [0.29, 0.717) is 0 Å². The lowest BCUT2D eigenvalue weighted by Gasteiger charge is -2.43. The molecular weight excluding hydrogens is 210 g/mol. The van der Waals surface area contributed by atoms with Gasteiger partial charge in [-0.2, -0.15) is 0 Å². The van der Waals surface area contributed by atoms with Gasteiger partial charge in [-0.25, -0.2) is 0 Å². The first kappa shape index (κ1) is 12.4. The quantitative estimate of drug-likeness (QED) is 0.539. The number of allylic oxidation sites excluding steroid dienone is 2. The molecule has 2 aliphatic rings. The van der Waals surface area contributed by atoms with E-state index < -0.39 is 5.41 Å². The van der Waals surface area contributed by atoms with Crippen LogP contribution in [0.2, 0.25) is 0 Å². The van der Waals surface area contributed by atoms with Crippen molar-refractivity contribution in [2.45, 2.75) is 40.0 Å². The van der Waals surface area contributed by atoms with Crippen molar-refractivity contribution in [3.8, 4) is 0 Å². The molecule has 1 heterocycles. The van der Waals surface area contributed by atoms with Gasteiger partial charge in [0, 0.05) is 18.8 Å². The molecule has 0 bridgehead atoms. The molecule has 0 aromatic rings. The number of rotatable bonds is 2. The third-order valence-corrected chi connectivity index (χ3v) is 4.15. The van der Waals surface area contributed by atoms with Crippen molar-refractivity contribution in [3.05, 3.63) is 23.9 Å². The van der Waals surface area contributed by atoms with Crippen molar-refractivity contribution >= 4 is 6.29 Å². The Bertz CT molecular complexity index is 374. The molecule has 0 saturated carbocycles. The summed E-state index contributed by atoms with van der Waals surface area (Å²) < 4.78 is 0. The Hall–Kier alpha value is -1.05. The Morgan fingerprint density at radius 1 is 1.29 bits per heavy atom. The van der Waals surface area contributed by atoms with Gasteiger partial charge in [-0.15, -0.1) is 0 Å². The fourth-order valence-electron chi connectivity index (χ4n) is 3.01.